The van der Waals surface area contributed by atoms with Crippen LogP contribution >= 0.6 is 0 Å². The van der Waals surface area contributed by atoms with Gasteiger partial charge < -0.3 is 15.2 Å². The molecule has 19 heavy (non-hydrogen) atoms. The second kappa shape index (κ2) is 4.76. The van der Waals surface area contributed by atoms with Gasteiger partial charge in [0.2, 0.25) is 5.78 Å². The molecule has 0 bridgehead atoms. The van der Waals surface area contributed by atoms with Crippen LogP contribution in [0.4, 0.5) is 0 Å². The highest BCUT2D eigenvalue weighted by molar-refractivity contribution is 6.13. The van der Waals surface area contributed by atoms with Crippen molar-refractivity contribution in [2.24, 2.45) is 5.73 Å². The topological polar surface area (TPSA) is 78.6 Å². The molecular weight excluding hydrogens is 246 g/mol. The van der Waals surface area contributed by atoms with Gasteiger partial charge in [-0.15, -0.1) is 0 Å². The molecule has 1 aromatic rings. The summed E-state index contributed by atoms with van der Waals surface area (Å²) in [5.41, 5.74) is 7.05. The Morgan fingerprint density at radius 3 is 2.63 bits per heavy atom. The van der Waals surface area contributed by atoms with Crippen LogP contribution in [0.3, 0.4) is 0 Å². The molecule has 0 aromatic heterocycles. The second-order valence-corrected chi connectivity index (χ2v) is 4.58. The third-order valence-corrected chi connectivity index (χ3v) is 2.84. The lowest BCUT2D eigenvalue weighted by Crippen LogP contribution is -2.20. The van der Waals surface area contributed by atoms with Crippen LogP contribution in [0, 0.1) is 6.92 Å². The molecule has 100 valence electrons. The molecule has 1 heterocycles. The van der Waals surface area contributed by atoms with E-state index < -0.39 is 5.91 Å². The minimum Gasteiger partial charge on any atom is -0.483 e. The van der Waals surface area contributed by atoms with Crippen LogP contribution in [0.25, 0.3) is 0 Å². The van der Waals surface area contributed by atoms with Crippen LogP contribution in [0.15, 0.2) is 23.5 Å². The molecule has 1 aromatic carbocycles. The fourth-order valence-electron chi connectivity index (χ4n) is 1.89. The summed E-state index contributed by atoms with van der Waals surface area (Å²) in [5.74, 6) is 0.648. The number of ether oxygens (including phenoxy) is 2. The molecule has 0 saturated carbocycles. The summed E-state index contributed by atoms with van der Waals surface area (Å²) >= 11 is 0. The van der Waals surface area contributed by atoms with Crippen LogP contribution in [-0.4, -0.2) is 18.3 Å². The monoisotopic (exact) mass is 261 g/mol. The molecule has 1 aliphatic rings. The highest BCUT2D eigenvalue weighted by Gasteiger charge is 2.30. The second-order valence-electron chi connectivity index (χ2n) is 4.58. The SMILES string of the molecule is CC(C)=C1Oc2c(ccc(OCC(N)=O)c2C)C1=O. The van der Waals surface area contributed by atoms with Crippen molar-refractivity contribution in [3.63, 3.8) is 0 Å². The number of hydrogen-bond acceptors (Lipinski definition) is 4. The molecule has 0 aliphatic carbocycles. The van der Waals surface area contributed by atoms with E-state index in [4.69, 9.17) is 15.2 Å². The highest BCUT2D eigenvalue weighted by atomic mass is 16.5. The zero-order valence-electron chi connectivity index (χ0n) is 11.1. The molecule has 0 unspecified atom stereocenters. The van der Waals surface area contributed by atoms with Crippen molar-refractivity contribution in [1.29, 1.82) is 0 Å². The Labute approximate surface area is 111 Å². The maximum absolute atomic E-state index is 12.1. The quantitative estimate of drug-likeness (QED) is 0.840. The Morgan fingerprint density at radius 2 is 2.05 bits per heavy atom. The molecule has 0 atom stereocenters. The molecule has 5 heteroatoms. The van der Waals surface area contributed by atoms with Crippen LogP contribution in [0.5, 0.6) is 11.5 Å². The molecule has 1 amide bonds. The number of Topliss-reactive ketones (excluding diaryl/α,β-unsaturated/α-hetero) is 1. The molecule has 0 radical (unpaired) electrons. The largest absolute Gasteiger partial charge is 0.483 e. The first-order chi connectivity index (χ1) is 8.91. The van der Waals surface area contributed by atoms with Crippen LogP contribution in [-0.2, 0) is 4.79 Å². The van der Waals surface area contributed by atoms with Crippen molar-refractivity contribution in [2.45, 2.75) is 20.8 Å². The van der Waals surface area contributed by atoms with E-state index in [-0.39, 0.29) is 12.4 Å². The zero-order valence-corrected chi connectivity index (χ0v) is 11.1. The summed E-state index contributed by atoms with van der Waals surface area (Å²) in [6.45, 7) is 5.21. The molecule has 2 N–H and O–H groups in total. The van der Waals surface area contributed by atoms with E-state index >= 15 is 0 Å². The smallest absolute Gasteiger partial charge is 0.255 e. The Kier molecular flexibility index (Phi) is 3.29. The van der Waals surface area contributed by atoms with E-state index in [9.17, 15) is 9.59 Å². The van der Waals surface area contributed by atoms with E-state index in [1.54, 1.807) is 19.1 Å². The van der Waals surface area contributed by atoms with E-state index in [1.807, 2.05) is 13.8 Å². The van der Waals surface area contributed by atoms with Gasteiger partial charge in [0.25, 0.3) is 5.91 Å². The van der Waals surface area contributed by atoms with Gasteiger partial charge in [-0.05, 0) is 38.5 Å². The number of fused-ring (bicyclic) bond motifs is 1. The first kappa shape index (κ1) is 13.1. The van der Waals surface area contributed by atoms with Gasteiger partial charge in [0.1, 0.15) is 11.5 Å². The average molecular weight is 261 g/mol. The number of rotatable bonds is 3. The maximum atomic E-state index is 12.1. The minimum atomic E-state index is -0.554. The van der Waals surface area contributed by atoms with Gasteiger partial charge in [0.05, 0.1) is 5.56 Å². The lowest BCUT2D eigenvalue weighted by molar-refractivity contribution is -0.119. The third kappa shape index (κ3) is 2.31. The number of nitrogens with two attached hydrogens (primary N) is 1. The predicted molar refractivity (Wildman–Crippen MR) is 69.2 cm³/mol. The van der Waals surface area contributed by atoms with Crippen LogP contribution < -0.4 is 15.2 Å². The number of allylic oxidation sites excluding steroid dienone is 2. The number of primary amides is 1. The zero-order chi connectivity index (χ0) is 14.2. The molecule has 5 nitrogen and oxygen atoms in total. The van der Waals surface area contributed by atoms with Gasteiger partial charge in [-0.2, -0.15) is 0 Å². The number of amides is 1. The molecule has 0 spiro atoms. The molecule has 0 saturated heterocycles. The van der Waals surface area contributed by atoms with Gasteiger partial charge in [-0.25, -0.2) is 0 Å². The Hall–Kier alpha value is -2.30. The average Bonchev–Trinajstić information content (AvgIpc) is 2.67. The van der Waals surface area contributed by atoms with Crippen molar-refractivity contribution < 1.29 is 19.1 Å². The van der Waals surface area contributed by atoms with Crippen molar-refractivity contribution >= 4 is 11.7 Å². The van der Waals surface area contributed by atoms with E-state index in [1.165, 1.54) is 0 Å². The van der Waals surface area contributed by atoms with Gasteiger partial charge in [0, 0.05) is 5.56 Å². The number of benzene rings is 1. The summed E-state index contributed by atoms with van der Waals surface area (Å²) in [4.78, 5) is 22.8. The van der Waals surface area contributed by atoms with Crippen molar-refractivity contribution in [2.75, 3.05) is 6.61 Å². The molecule has 2 rings (SSSR count). The summed E-state index contributed by atoms with van der Waals surface area (Å²) in [6, 6.07) is 3.28. The summed E-state index contributed by atoms with van der Waals surface area (Å²) in [5, 5.41) is 0. The Morgan fingerprint density at radius 1 is 1.37 bits per heavy atom. The molecule has 1 aliphatic heterocycles. The van der Waals surface area contributed by atoms with Crippen LogP contribution in [0.2, 0.25) is 0 Å². The first-order valence-corrected chi connectivity index (χ1v) is 5.86. The molecule has 0 fully saturated rings. The molecular formula is C14H15NO4. The van der Waals surface area contributed by atoms with Gasteiger partial charge in [-0.3, -0.25) is 9.59 Å². The third-order valence-electron chi connectivity index (χ3n) is 2.84. The number of ketones is 1. The van der Waals surface area contributed by atoms with Crippen molar-refractivity contribution in [3.05, 3.63) is 34.6 Å². The fourth-order valence-corrected chi connectivity index (χ4v) is 1.89. The van der Waals surface area contributed by atoms with E-state index in [2.05, 4.69) is 0 Å². The van der Waals surface area contributed by atoms with Crippen LogP contribution in [0.1, 0.15) is 29.8 Å². The lowest BCUT2D eigenvalue weighted by Gasteiger charge is -2.10. The Bertz CT molecular complexity index is 598. The van der Waals surface area contributed by atoms with Crippen molar-refractivity contribution in [3.8, 4) is 11.5 Å². The number of carbonyl (C=O) groups excluding carboxylic acids is 2. The first-order valence-electron chi connectivity index (χ1n) is 5.86. The van der Waals surface area contributed by atoms with Gasteiger partial charge in [-0.1, -0.05) is 0 Å². The lowest BCUT2D eigenvalue weighted by atomic mass is 10.1. The Balaban J connectivity index is 2.39. The van der Waals surface area contributed by atoms with Gasteiger partial charge >= 0.3 is 0 Å². The normalized spacial score (nSPS) is 13.0. The van der Waals surface area contributed by atoms with E-state index in [0.29, 0.717) is 28.4 Å². The summed E-state index contributed by atoms with van der Waals surface area (Å²) < 4.78 is 10.9. The van der Waals surface area contributed by atoms with Crippen molar-refractivity contribution in [1.82, 2.24) is 0 Å². The number of hydrogen-bond donors (Lipinski definition) is 1. The standard InChI is InChI=1S/C14H15NO4/c1-7(2)13-12(17)9-4-5-10(18-6-11(15)16)8(3)14(9)19-13/h4-5H,6H2,1-3H3,(H2,15,16). The maximum Gasteiger partial charge on any atom is 0.255 e. The summed E-state index contributed by atoms with van der Waals surface area (Å²) in [7, 11) is 0. The van der Waals surface area contributed by atoms with E-state index in [0.717, 1.165) is 5.57 Å². The van der Waals surface area contributed by atoms with Gasteiger partial charge in [0.15, 0.2) is 12.4 Å². The number of carbonyl (C=O) groups is 2. The summed E-state index contributed by atoms with van der Waals surface area (Å²) in [6.07, 6.45) is 0. The predicted octanol–water partition coefficient (Wildman–Crippen LogP) is 1.73. The minimum absolute atomic E-state index is 0.125. The highest BCUT2D eigenvalue weighted by Crippen LogP contribution is 2.39. The fraction of sp³-hybridized carbons (Fsp3) is 0.286.